The fraction of sp³-hybridized carbons (Fsp3) is 0.692. The molecule has 1 aromatic rings. The normalized spacial score (nSPS) is 10.5. The molecular formula is C13H23IN4. The van der Waals surface area contributed by atoms with Crippen LogP contribution in [0.2, 0.25) is 0 Å². The first-order valence-electron chi connectivity index (χ1n) is 6.73. The second-order valence-electron chi connectivity index (χ2n) is 4.09. The molecule has 0 amide bonds. The maximum absolute atomic E-state index is 4.67. The van der Waals surface area contributed by atoms with E-state index in [2.05, 4.69) is 70.5 Å². The van der Waals surface area contributed by atoms with Crippen molar-refractivity contribution in [3.63, 3.8) is 0 Å². The number of hydrogen-bond acceptors (Lipinski definition) is 4. The van der Waals surface area contributed by atoms with Gasteiger partial charge in [0, 0.05) is 19.6 Å². The second-order valence-corrected chi connectivity index (χ2v) is 5.16. The van der Waals surface area contributed by atoms with Crippen LogP contribution >= 0.6 is 22.6 Å². The van der Waals surface area contributed by atoms with Crippen molar-refractivity contribution >= 4 is 34.4 Å². The molecule has 0 atom stereocenters. The number of nitrogens with zero attached hydrogens (tertiary/aromatic N) is 3. The summed E-state index contributed by atoms with van der Waals surface area (Å²) in [5, 5.41) is 3.40. The first-order valence-corrected chi connectivity index (χ1v) is 7.80. The number of aryl methyl sites for hydroxylation is 1. The van der Waals surface area contributed by atoms with Crippen LogP contribution < -0.4 is 10.2 Å². The van der Waals surface area contributed by atoms with Gasteiger partial charge in [0.15, 0.2) is 0 Å². The molecule has 5 heteroatoms. The summed E-state index contributed by atoms with van der Waals surface area (Å²) < 4.78 is 1.15. The van der Waals surface area contributed by atoms with Gasteiger partial charge >= 0.3 is 0 Å². The third-order valence-corrected chi connectivity index (χ3v) is 3.97. The van der Waals surface area contributed by atoms with Gasteiger partial charge in [0.25, 0.3) is 0 Å². The largest absolute Gasteiger partial charge is 0.369 e. The minimum Gasteiger partial charge on any atom is -0.369 e. The van der Waals surface area contributed by atoms with Crippen LogP contribution in [0.15, 0.2) is 0 Å². The zero-order valence-corrected chi connectivity index (χ0v) is 13.9. The van der Waals surface area contributed by atoms with Gasteiger partial charge in [-0.05, 0) is 49.3 Å². The quantitative estimate of drug-likeness (QED) is 0.756. The van der Waals surface area contributed by atoms with E-state index in [4.69, 9.17) is 0 Å². The second kappa shape index (κ2) is 7.76. The van der Waals surface area contributed by atoms with Crippen LogP contribution in [0.3, 0.4) is 0 Å². The zero-order chi connectivity index (χ0) is 13.5. The van der Waals surface area contributed by atoms with Gasteiger partial charge in [-0.1, -0.05) is 13.8 Å². The molecular weight excluding hydrogens is 339 g/mol. The van der Waals surface area contributed by atoms with E-state index in [1.807, 2.05) is 0 Å². The molecule has 0 aliphatic rings. The van der Waals surface area contributed by atoms with Crippen LogP contribution in [0.25, 0.3) is 0 Å². The lowest BCUT2D eigenvalue weighted by Crippen LogP contribution is -2.25. The lowest BCUT2D eigenvalue weighted by Gasteiger charge is -2.21. The summed E-state index contributed by atoms with van der Waals surface area (Å²) >= 11 is 2.34. The first-order chi connectivity index (χ1) is 8.67. The van der Waals surface area contributed by atoms with Gasteiger partial charge in [0.2, 0.25) is 5.95 Å². The predicted molar refractivity (Wildman–Crippen MR) is 86.5 cm³/mol. The molecule has 0 saturated heterocycles. The summed E-state index contributed by atoms with van der Waals surface area (Å²) in [6.07, 6.45) is 2.04. The molecule has 0 aliphatic carbocycles. The van der Waals surface area contributed by atoms with Crippen LogP contribution in [-0.4, -0.2) is 29.6 Å². The molecule has 1 heterocycles. The molecule has 0 unspecified atom stereocenters. The molecule has 0 bridgehead atoms. The van der Waals surface area contributed by atoms with Gasteiger partial charge < -0.3 is 10.2 Å². The highest BCUT2D eigenvalue weighted by molar-refractivity contribution is 14.1. The Morgan fingerprint density at radius 2 is 1.78 bits per heavy atom. The molecule has 0 fully saturated rings. The van der Waals surface area contributed by atoms with Crippen molar-refractivity contribution in [3.05, 3.63) is 9.26 Å². The van der Waals surface area contributed by atoms with Gasteiger partial charge in [-0.25, -0.2) is 4.98 Å². The van der Waals surface area contributed by atoms with Crippen LogP contribution in [-0.2, 0) is 6.42 Å². The summed E-state index contributed by atoms with van der Waals surface area (Å²) in [5.74, 6) is 1.82. The van der Waals surface area contributed by atoms with Crippen molar-refractivity contribution in [2.75, 3.05) is 29.9 Å². The summed E-state index contributed by atoms with van der Waals surface area (Å²) in [7, 11) is 0. The topological polar surface area (TPSA) is 41.1 Å². The van der Waals surface area contributed by atoms with E-state index in [1.54, 1.807) is 0 Å². The predicted octanol–water partition coefficient (Wildman–Crippen LogP) is 3.31. The van der Waals surface area contributed by atoms with Gasteiger partial charge in [-0.2, -0.15) is 4.98 Å². The smallest absolute Gasteiger partial charge is 0.227 e. The molecule has 0 radical (unpaired) electrons. The third kappa shape index (κ3) is 3.70. The molecule has 1 N–H and O–H groups in total. The Bertz CT molecular complexity index is 377. The van der Waals surface area contributed by atoms with E-state index in [-0.39, 0.29) is 0 Å². The summed E-state index contributed by atoms with van der Waals surface area (Å²) in [5.41, 5.74) is 1.13. The lowest BCUT2D eigenvalue weighted by molar-refractivity contribution is 0.806. The highest BCUT2D eigenvalue weighted by Crippen LogP contribution is 2.23. The van der Waals surface area contributed by atoms with E-state index in [0.29, 0.717) is 0 Å². The van der Waals surface area contributed by atoms with Crippen LogP contribution in [0.4, 0.5) is 11.8 Å². The Hall–Kier alpha value is -0.590. The number of rotatable bonds is 7. The third-order valence-electron chi connectivity index (χ3n) is 2.83. The first kappa shape index (κ1) is 15.5. The maximum Gasteiger partial charge on any atom is 0.227 e. The summed E-state index contributed by atoms with van der Waals surface area (Å²) in [6, 6.07) is 0. The van der Waals surface area contributed by atoms with Crippen molar-refractivity contribution < 1.29 is 0 Å². The molecule has 0 spiro atoms. The fourth-order valence-corrected chi connectivity index (χ4v) is 2.54. The van der Waals surface area contributed by atoms with E-state index in [9.17, 15) is 0 Å². The number of anilines is 2. The average Bonchev–Trinajstić information content (AvgIpc) is 2.40. The highest BCUT2D eigenvalue weighted by Gasteiger charge is 2.13. The van der Waals surface area contributed by atoms with Crippen molar-refractivity contribution in [2.45, 2.75) is 40.5 Å². The van der Waals surface area contributed by atoms with E-state index in [0.717, 1.165) is 53.5 Å². The molecule has 0 aliphatic heterocycles. The minimum atomic E-state index is 0.843. The SMILES string of the molecule is CCCNc1nc(N(CC)CC)nc(CC)c1I. The van der Waals surface area contributed by atoms with Gasteiger partial charge in [0.05, 0.1) is 9.26 Å². The molecule has 0 saturated carbocycles. The van der Waals surface area contributed by atoms with Crippen LogP contribution in [0, 0.1) is 3.57 Å². The molecule has 0 aromatic carbocycles. The van der Waals surface area contributed by atoms with Gasteiger partial charge in [-0.15, -0.1) is 0 Å². The Kier molecular flexibility index (Phi) is 6.67. The Morgan fingerprint density at radius 3 is 2.28 bits per heavy atom. The number of hydrogen-bond donors (Lipinski definition) is 1. The molecule has 102 valence electrons. The number of nitrogens with one attached hydrogen (secondary N) is 1. The van der Waals surface area contributed by atoms with Crippen LogP contribution in [0.1, 0.15) is 39.8 Å². The minimum absolute atomic E-state index is 0.843. The maximum atomic E-state index is 4.67. The van der Waals surface area contributed by atoms with Crippen LogP contribution in [0.5, 0.6) is 0 Å². The summed E-state index contributed by atoms with van der Waals surface area (Å²) in [4.78, 5) is 11.5. The van der Waals surface area contributed by atoms with Crippen molar-refractivity contribution in [1.82, 2.24) is 9.97 Å². The zero-order valence-electron chi connectivity index (χ0n) is 11.8. The molecule has 4 nitrogen and oxygen atoms in total. The van der Waals surface area contributed by atoms with Gasteiger partial charge in [0.1, 0.15) is 5.82 Å². The Morgan fingerprint density at radius 1 is 1.11 bits per heavy atom. The Balaban J connectivity index is 3.12. The van der Waals surface area contributed by atoms with E-state index in [1.165, 1.54) is 0 Å². The van der Waals surface area contributed by atoms with Crippen molar-refractivity contribution in [2.24, 2.45) is 0 Å². The lowest BCUT2D eigenvalue weighted by atomic mass is 10.3. The van der Waals surface area contributed by atoms with Crippen molar-refractivity contribution in [1.29, 1.82) is 0 Å². The summed E-state index contributed by atoms with van der Waals surface area (Å²) in [6.45, 7) is 11.4. The molecule has 1 rings (SSSR count). The fourth-order valence-electron chi connectivity index (χ4n) is 1.72. The average molecular weight is 362 g/mol. The monoisotopic (exact) mass is 362 g/mol. The molecule has 18 heavy (non-hydrogen) atoms. The standard InChI is InChI=1S/C13H23IN4/c1-5-9-15-12-11(14)10(6-2)16-13(17-12)18(7-3)8-4/h5-9H2,1-4H3,(H,15,16,17). The van der Waals surface area contributed by atoms with E-state index < -0.39 is 0 Å². The Labute approximate surface area is 124 Å². The number of halogens is 1. The molecule has 1 aromatic heterocycles. The van der Waals surface area contributed by atoms with Gasteiger partial charge in [-0.3, -0.25) is 0 Å². The van der Waals surface area contributed by atoms with Crippen molar-refractivity contribution in [3.8, 4) is 0 Å². The van der Waals surface area contributed by atoms with E-state index >= 15 is 0 Å². The number of aromatic nitrogens is 2. The highest BCUT2D eigenvalue weighted by atomic mass is 127.